The summed E-state index contributed by atoms with van der Waals surface area (Å²) in [7, 11) is 0. The van der Waals surface area contributed by atoms with Gasteiger partial charge in [0.05, 0.1) is 11.7 Å². The molecule has 1 aromatic rings. The molecule has 2 rings (SSSR count). The molecule has 2 unspecified atom stereocenters. The Morgan fingerprint density at radius 2 is 2.50 bits per heavy atom. The minimum atomic E-state index is 0.283. The van der Waals surface area contributed by atoms with Crippen molar-refractivity contribution in [1.29, 1.82) is 0 Å². The van der Waals surface area contributed by atoms with E-state index in [1.807, 2.05) is 12.3 Å². The molecule has 0 saturated heterocycles. The molecular formula is C13H20N2O. The van der Waals surface area contributed by atoms with Crippen molar-refractivity contribution in [3.8, 4) is 0 Å². The number of aliphatic hydroxyl groups is 1. The summed E-state index contributed by atoms with van der Waals surface area (Å²) in [5, 5.41) is 12.4. The van der Waals surface area contributed by atoms with E-state index < -0.39 is 0 Å². The summed E-state index contributed by atoms with van der Waals surface area (Å²) < 4.78 is 0. The van der Waals surface area contributed by atoms with Crippen LogP contribution < -0.4 is 5.32 Å². The van der Waals surface area contributed by atoms with E-state index >= 15 is 0 Å². The van der Waals surface area contributed by atoms with Crippen LogP contribution in [0.5, 0.6) is 0 Å². The van der Waals surface area contributed by atoms with Crippen LogP contribution >= 0.6 is 0 Å². The zero-order valence-electron chi connectivity index (χ0n) is 9.82. The predicted octanol–water partition coefficient (Wildman–Crippen LogP) is 1.82. The van der Waals surface area contributed by atoms with Crippen molar-refractivity contribution < 1.29 is 5.11 Å². The number of nitrogens with zero attached hydrogens (tertiary/aromatic N) is 1. The fourth-order valence-corrected chi connectivity index (χ4v) is 2.40. The number of nitrogens with one attached hydrogen (secondary N) is 1. The van der Waals surface area contributed by atoms with Crippen LogP contribution in [0.1, 0.15) is 43.5 Å². The van der Waals surface area contributed by atoms with Crippen molar-refractivity contribution in [2.75, 3.05) is 6.61 Å². The van der Waals surface area contributed by atoms with Crippen LogP contribution in [0, 0.1) is 0 Å². The lowest BCUT2D eigenvalue weighted by Gasteiger charge is -2.19. The van der Waals surface area contributed by atoms with Gasteiger partial charge in [0.25, 0.3) is 0 Å². The summed E-state index contributed by atoms with van der Waals surface area (Å²) in [6.45, 7) is 2.46. The van der Waals surface area contributed by atoms with Gasteiger partial charge in [0.15, 0.2) is 0 Å². The van der Waals surface area contributed by atoms with Gasteiger partial charge in [0.1, 0.15) is 0 Å². The summed E-state index contributed by atoms with van der Waals surface area (Å²) >= 11 is 0. The number of aromatic nitrogens is 1. The molecule has 1 heterocycles. The molecule has 2 atom stereocenters. The lowest BCUT2D eigenvalue weighted by Crippen LogP contribution is -2.29. The summed E-state index contributed by atoms with van der Waals surface area (Å²) in [6.07, 6.45) is 6.05. The number of fused-ring (bicyclic) bond motifs is 1. The largest absolute Gasteiger partial charge is 0.396 e. The molecule has 1 aliphatic carbocycles. The van der Waals surface area contributed by atoms with Crippen LogP contribution in [0.3, 0.4) is 0 Å². The van der Waals surface area contributed by atoms with Crippen LogP contribution in [0.2, 0.25) is 0 Å². The third kappa shape index (κ3) is 2.60. The Kier molecular flexibility index (Phi) is 3.91. The van der Waals surface area contributed by atoms with E-state index in [0.29, 0.717) is 12.1 Å². The third-order valence-electron chi connectivity index (χ3n) is 3.24. The SMILES string of the molecule is CC(CCCO)NC1CCc2cccnc21. The van der Waals surface area contributed by atoms with Crippen LogP contribution in [0.4, 0.5) is 0 Å². The molecule has 0 fully saturated rings. The Labute approximate surface area is 96.9 Å². The van der Waals surface area contributed by atoms with Crippen molar-refractivity contribution in [2.24, 2.45) is 0 Å². The monoisotopic (exact) mass is 220 g/mol. The van der Waals surface area contributed by atoms with Crippen molar-refractivity contribution in [2.45, 2.75) is 44.7 Å². The summed E-state index contributed by atoms with van der Waals surface area (Å²) in [6, 6.07) is 5.04. The van der Waals surface area contributed by atoms with E-state index in [-0.39, 0.29) is 6.61 Å². The standard InChI is InChI=1S/C13H20N2O/c1-10(4-3-9-16)15-12-7-6-11-5-2-8-14-13(11)12/h2,5,8,10,12,15-16H,3-4,6-7,9H2,1H3. The van der Waals surface area contributed by atoms with E-state index in [4.69, 9.17) is 5.11 Å². The Bertz CT molecular complexity index is 340. The molecule has 0 spiro atoms. The molecule has 88 valence electrons. The minimum absolute atomic E-state index is 0.283. The Hall–Kier alpha value is -0.930. The molecule has 0 radical (unpaired) electrons. The van der Waals surface area contributed by atoms with Gasteiger partial charge in [0.2, 0.25) is 0 Å². The number of aliphatic hydroxyl groups excluding tert-OH is 1. The van der Waals surface area contributed by atoms with Crippen molar-refractivity contribution in [1.82, 2.24) is 10.3 Å². The number of rotatable bonds is 5. The van der Waals surface area contributed by atoms with Gasteiger partial charge in [-0.05, 0) is 44.2 Å². The Balaban J connectivity index is 1.92. The van der Waals surface area contributed by atoms with Crippen LogP contribution in [0.25, 0.3) is 0 Å². The van der Waals surface area contributed by atoms with Gasteiger partial charge in [-0.25, -0.2) is 0 Å². The first-order valence-corrected chi connectivity index (χ1v) is 6.12. The van der Waals surface area contributed by atoms with Crippen LogP contribution in [-0.2, 0) is 6.42 Å². The van der Waals surface area contributed by atoms with E-state index in [1.54, 1.807) is 0 Å². The average Bonchev–Trinajstić information content (AvgIpc) is 2.70. The summed E-state index contributed by atoms with van der Waals surface area (Å²) in [4.78, 5) is 4.46. The first-order chi connectivity index (χ1) is 7.81. The van der Waals surface area contributed by atoms with E-state index in [2.05, 4.69) is 23.3 Å². The molecule has 0 aliphatic heterocycles. The van der Waals surface area contributed by atoms with Gasteiger partial charge in [-0.15, -0.1) is 0 Å². The first-order valence-electron chi connectivity index (χ1n) is 6.12. The van der Waals surface area contributed by atoms with Gasteiger partial charge >= 0.3 is 0 Å². The van der Waals surface area contributed by atoms with E-state index in [1.165, 1.54) is 11.3 Å². The molecule has 16 heavy (non-hydrogen) atoms. The fraction of sp³-hybridized carbons (Fsp3) is 0.615. The van der Waals surface area contributed by atoms with Crippen molar-refractivity contribution >= 4 is 0 Å². The molecule has 1 aromatic heterocycles. The Morgan fingerprint density at radius 1 is 1.62 bits per heavy atom. The maximum atomic E-state index is 8.79. The number of hydrogen-bond acceptors (Lipinski definition) is 3. The highest BCUT2D eigenvalue weighted by Crippen LogP contribution is 2.29. The first kappa shape index (κ1) is 11.6. The number of hydrogen-bond donors (Lipinski definition) is 2. The lowest BCUT2D eigenvalue weighted by molar-refractivity contribution is 0.273. The molecule has 0 aromatic carbocycles. The minimum Gasteiger partial charge on any atom is -0.396 e. The van der Waals surface area contributed by atoms with Gasteiger partial charge in [0, 0.05) is 18.8 Å². The predicted molar refractivity (Wildman–Crippen MR) is 64.2 cm³/mol. The maximum absolute atomic E-state index is 8.79. The zero-order chi connectivity index (χ0) is 11.4. The molecule has 3 nitrogen and oxygen atoms in total. The van der Waals surface area contributed by atoms with Gasteiger partial charge in [-0.1, -0.05) is 6.07 Å². The molecule has 2 N–H and O–H groups in total. The van der Waals surface area contributed by atoms with Crippen LogP contribution in [-0.4, -0.2) is 22.7 Å². The van der Waals surface area contributed by atoms with Gasteiger partial charge in [-0.2, -0.15) is 0 Å². The van der Waals surface area contributed by atoms with Crippen molar-refractivity contribution in [3.63, 3.8) is 0 Å². The van der Waals surface area contributed by atoms with Gasteiger partial charge in [-0.3, -0.25) is 4.98 Å². The highest BCUT2D eigenvalue weighted by Gasteiger charge is 2.24. The van der Waals surface area contributed by atoms with Gasteiger partial charge < -0.3 is 10.4 Å². The average molecular weight is 220 g/mol. The molecule has 3 heteroatoms. The molecular weight excluding hydrogens is 200 g/mol. The molecule has 1 aliphatic rings. The van der Waals surface area contributed by atoms with Crippen LogP contribution in [0.15, 0.2) is 18.3 Å². The quantitative estimate of drug-likeness (QED) is 0.795. The van der Waals surface area contributed by atoms with E-state index in [0.717, 1.165) is 25.7 Å². The van der Waals surface area contributed by atoms with Crippen molar-refractivity contribution in [3.05, 3.63) is 29.6 Å². The molecule has 0 amide bonds. The second kappa shape index (κ2) is 5.41. The highest BCUT2D eigenvalue weighted by molar-refractivity contribution is 5.27. The normalized spacial score (nSPS) is 20.8. The fourth-order valence-electron chi connectivity index (χ4n) is 2.40. The second-order valence-corrected chi connectivity index (χ2v) is 4.57. The van der Waals surface area contributed by atoms with E-state index in [9.17, 15) is 0 Å². The highest BCUT2D eigenvalue weighted by atomic mass is 16.2. The lowest BCUT2D eigenvalue weighted by atomic mass is 10.1. The summed E-state index contributed by atoms with van der Waals surface area (Å²) in [5.41, 5.74) is 2.60. The number of pyridine rings is 1. The topological polar surface area (TPSA) is 45.1 Å². The number of aryl methyl sites for hydroxylation is 1. The molecule has 0 saturated carbocycles. The second-order valence-electron chi connectivity index (χ2n) is 4.57. The maximum Gasteiger partial charge on any atom is 0.0605 e. The smallest absolute Gasteiger partial charge is 0.0605 e. The molecule has 0 bridgehead atoms. The summed E-state index contributed by atoms with van der Waals surface area (Å²) in [5.74, 6) is 0. The Morgan fingerprint density at radius 3 is 3.31 bits per heavy atom. The third-order valence-corrected chi connectivity index (χ3v) is 3.24. The zero-order valence-corrected chi connectivity index (χ0v) is 9.82.